The number of carboxylic acid groups (broad SMARTS) is 1. The second kappa shape index (κ2) is 16.6. The topological polar surface area (TPSA) is 212 Å². The molecule has 0 bridgehead atoms. The Hall–Kier alpha value is -5.47. The van der Waals surface area contributed by atoms with Crippen molar-refractivity contribution in [1.29, 1.82) is 0 Å². The molecule has 46 heavy (non-hydrogen) atoms. The van der Waals surface area contributed by atoms with Crippen molar-refractivity contribution >= 4 is 35.4 Å². The Labute approximate surface area is 265 Å². The lowest BCUT2D eigenvalue weighted by Gasteiger charge is -2.25. The summed E-state index contributed by atoms with van der Waals surface area (Å²) < 4.78 is 4.77. The van der Waals surface area contributed by atoms with Gasteiger partial charge in [-0.05, 0) is 36.1 Å². The van der Waals surface area contributed by atoms with E-state index < -0.39 is 60.6 Å². The normalized spacial score (nSPS) is 12.8. The maximum Gasteiger partial charge on any atom is 0.338 e. The van der Waals surface area contributed by atoms with Gasteiger partial charge < -0.3 is 25.8 Å². The van der Waals surface area contributed by atoms with Crippen LogP contribution < -0.4 is 16.0 Å². The van der Waals surface area contributed by atoms with Gasteiger partial charge in [0.25, 0.3) is 0 Å². The summed E-state index contributed by atoms with van der Waals surface area (Å²) in [5, 5.41) is 28.8. The van der Waals surface area contributed by atoms with Gasteiger partial charge in [0.1, 0.15) is 24.7 Å². The number of benzene rings is 2. The first-order chi connectivity index (χ1) is 21.9. The van der Waals surface area contributed by atoms with Gasteiger partial charge in [-0.25, -0.2) is 4.79 Å². The molecule has 1 heterocycles. The molecule has 0 radical (unpaired) electrons. The van der Waals surface area contributed by atoms with Crippen molar-refractivity contribution in [3.63, 3.8) is 0 Å². The highest BCUT2D eigenvalue weighted by Gasteiger charge is 2.30. The zero-order valence-electron chi connectivity index (χ0n) is 25.9. The largest absolute Gasteiger partial charge is 0.481 e. The number of hydrogen-bond acceptors (Lipinski definition) is 10. The van der Waals surface area contributed by atoms with Crippen molar-refractivity contribution < 1.29 is 38.6 Å². The van der Waals surface area contributed by atoms with Crippen LogP contribution in [0.5, 0.6) is 0 Å². The van der Waals surface area contributed by atoms with Crippen molar-refractivity contribution in [2.24, 2.45) is 5.92 Å². The number of carbonyl (C=O) groups excluding carboxylic acids is 5. The number of ether oxygens (including phenoxy) is 1. The molecule has 0 spiro atoms. The number of carbonyl (C=O) groups is 6. The fourth-order valence-corrected chi connectivity index (χ4v) is 4.40. The number of ketones is 1. The summed E-state index contributed by atoms with van der Waals surface area (Å²) in [5.74, 6) is -4.77. The molecular formula is C31H37N7O8. The molecule has 15 nitrogen and oxygen atoms in total. The number of methoxy groups -OCH3 is 1. The zero-order valence-corrected chi connectivity index (χ0v) is 25.9. The van der Waals surface area contributed by atoms with Crippen LogP contribution in [0.1, 0.15) is 49.5 Å². The predicted octanol–water partition coefficient (Wildman–Crippen LogP) is 0.934. The van der Waals surface area contributed by atoms with Gasteiger partial charge in [-0.2, -0.15) is 4.80 Å². The lowest BCUT2D eigenvalue weighted by molar-refractivity contribution is -0.140. The molecule has 0 saturated carbocycles. The minimum atomic E-state index is -1.49. The highest BCUT2D eigenvalue weighted by atomic mass is 16.5. The molecular weight excluding hydrogens is 598 g/mol. The number of aromatic nitrogens is 4. The molecule has 3 rings (SSSR count). The van der Waals surface area contributed by atoms with Crippen LogP contribution >= 0.6 is 0 Å². The molecule has 0 aliphatic carbocycles. The third-order valence-corrected chi connectivity index (χ3v) is 6.91. The van der Waals surface area contributed by atoms with Crippen molar-refractivity contribution in [3.05, 3.63) is 65.7 Å². The van der Waals surface area contributed by atoms with Crippen molar-refractivity contribution in [3.8, 4) is 11.4 Å². The van der Waals surface area contributed by atoms with E-state index in [0.717, 1.165) is 10.4 Å². The van der Waals surface area contributed by atoms with Crippen LogP contribution in [0.25, 0.3) is 11.4 Å². The van der Waals surface area contributed by atoms with Gasteiger partial charge in [-0.15, -0.1) is 10.2 Å². The van der Waals surface area contributed by atoms with Crippen LogP contribution in [0.15, 0.2) is 54.6 Å². The molecule has 244 valence electrons. The standard InChI is InChI=1S/C31H37N7O8/c1-18(2)27(34-25(40)15-14-20-10-6-5-7-11-20)30(44)32-19(3)29(43)33-23(16-26(41)42)24(39)17-38-36-28(35-37-38)21-12-8-9-13-22(21)31(45)46-4/h5-13,18-19,23,27H,14-17H2,1-4H3,(H,32,44)(H,33,43)(H,34,40)(H,41,42)/t19-,23?,27-/m0/s1. The summed E-state index contributed by atoms with van der Waals surface area (Å²) in [6.07, 6.45) is -0.0946. The quantitative estimate of drug-likeness (QED) is 0.163. The van der Waals surface area contributed by atoms with E-state index in [-0.39, 0.29) is 29.6 Å². The Kier molecular flexibility index (Phi) is 12.6. The van der Waals surface area contributed by atoms with Crippen LogP contribution in [0.3, 0.4) is 0 Å². The average molecular weight is 636 g/mol. The fourth-order valence-electron chi connectivity index (χ4n) is 4.40. The first-order valence-electron chi connectivity index (χ1n) is 14.5. The molecule has 0 aliphatic heterocycles. The molecule has 0 aliphatic rings. The maximum atomic E-state index is 13.1. The lowest BCUT2D eigenvalue weighted by Crippen LogP contribution is -2.56. The van der Waals surface area contributed by atoms with Gasteiger partial charge in [-0.3, -0.25) is 24.0 Å². The number of aliphatic carboxylic acids is 1. The van der Waals surface area contributed by atoms with E-state index in [0.29, 0.717) is 12.0 Å². The maximum absolute atomic E-state index is 13.1. The molecule has 2 aromatic carbocycles. The minimum absolute atomic E-state index is 0.0239. The van der Waals surface area contributed by atoms with Crippen LogP contribution in [-0.2, 0) is 41.7 Å². The molecule has 1 unspecified atom stereocenters. The molecule has 3 aromatic rings. The molecule has 4 N–H and O–H groups in total. The molecule has 3 atom stereocenters. The van der Waals surface area contributed by atoms with E-state index in [2.05, 4.69) is 31.4 Å². The van der Waals surface area contributed by atoms with E-state index >= 15 is 0 Å². The molecule has 15 heteroatoms. The SMILES string of the molecule is COC(=O)c1ccccc1-c1nnn(CC(=O)C(CC(=O)O)NC(=O)[C@H](C)NC(=O)[C@@H](NC(=O)CCc2ccccc2)C(C)C)n1. The average Bonchev–Trinajstić information content (AvgIpc) is 3.50. The molecule has 3 amide bonds. The highest BCUT2D eigenvalue weighted by molar-refractivity contribution is 5.97. The van der Waals surface area contributed by atoms with Gasteiger partial charge >= 0.3 is 11.9 Å². The summed E-state index contributed by atoms with van der Waals surface area (Å²) >= 11 is 0. The summed E-state index contributed by atoms with van der Waals surface area (Å²) in [6, 6.07) is 12.2. The van der Waals surface area contributed by atoms with E-state index in [4.69, 9.17) is 4.74 Å². The number of tetrazole rings is 1. The van der Waals surface area contributed by atoms with Crippen LogP contribution in [0.2, 0.25) is 0 Å². The third kappa shape index (κ3) is 10.0. The number of aryl methyl sites for hydroxylation is 1. The number of nitrogens with one attached hydrogen (secondary N) is 3. The minimum Gasteiger partial charge on any atom is -0.481 e. The number of nitrogens with zero attached hydrogens (tertiary/aromatic N) is 4. The van der Waals surface area contributed by atoms with Crippen molar-refractivity contribution in [2.45, 2.75) is 64.7 Å². The Morgan fingerprint density at radius 1 is 0.891 bits per heavy atom. The molecule has 0 saturated heterocycles. The van der Waals surface area contributed by atoms with Crippen LogP contribution in [-0.4, -0.2) is 86.0 Å². The summed E-state index contributed by atoms with van der Waals surface area (Å²) in [6.45, 7) is 4.31. The summed E-state index contributed by atoms with van der Waals surface area (Å²) in [7, 11) is 1.22. The van der Waals surface area contributed by atoms with E-state index in [1.54, 1.807) is 32.0 Å². The van der Waals surface area contributed by atoms with E-state index in [1.165, 1.54) is 20.1 Å². The van der Waals surface area contributed by atoms with Crippen molar-refractivity contribution in [1.82, 2.24) is 36.2 Å². The number of Topliss-reactive ketones (excluding diaryl/α,β-unsaturated/α-hetero) is 1. The fraction of sp³-hybridized carbons (Fsp3) is 0.387. The van der Waals surface area contributed by atoms with Gasteiger partial charge in [0.15, 0.2) is 5.78 Å². The molecule has 0 fully saturated rings. The first-order valence-corrected chi connectivity index (χ1v) is 14.5. The zero-order chi connectivity index (χ0) is 33.8. The summed E-state index contributed by atoms with van der Waals surface area (Å²) in [5.41, 5.74) is 1.46. The van der Waals surface area contributed by atoms with Gasteiger partial charge in [0.2, 0.25) is 23.5 Å². The first kappa shape index (κ1) is 35.0. The monoisotopic (exact) mass is 635 g/mol. The Morgan fingerprint density at radius 3 is 2.22 bits per heavy atom. The summed E-state index contributed by atoms with van der Waals surface area (Å²) in [4.78, 5) is 76.2. The lowest BCUT2D eigenvalue weighted by atomic mass is 10.0. The Bertz CT molecular complexity index is 1560. The smallest absolute Gasteiger partial charge is 0.338 e. The number of carboxylic acids is 1. The number of esters is 1. The Balaban J connectivity index is 1.62. The van der Waals surface area contributed by atoms with Gasteiger partial charge in [0, 0.05) is 12.0 Å². The van der Waals surface area contributed by atoms with Crippen LogP contribution in [0, 0.1) is 5.92 Å². The number of rotatable bonds is 16. The highest BCUT2D eigenvalue weighted by Crippen LogP contribution is 2.20. The van der Waals surface area contributed by atoms with Gasteiger partial charge in [0.05, 0.1) is 19.1 Å². The van der Waals surface area contributed by atoms with E-state index in [9.17, 15) is 33.9 Å². The van der Waals surface area contributed by atoms with Gasteiger partial charge in [-0.1, -0.05) is 62.4 Å². The second-order valence-electron chi connectivity index (χ2n) is 10.8. The third-order valence-electron chi connectivity index (χ3n) is 6.91. The van der Waals surface area contributed by atoms with Crippen LogP contribution in [0.4, 0.5) is 0 Å². The number of hydrogen-bond donors (Lipinski definition) is 4. The second-order valence-corrected chi connectivity index (χ2v) is 10.8. The van der Waals surface area contributed by atoms with Crippen molar-refractivity contribution in [2.75, 3.05) is 7.11 Å². The predicted molar refractivity (Wildman–Crippen MR) is 163 cm³/mol. The number of amides is 3. The Morgan fingerprint density at radius 2 is 1.57 bits per heavy atom. The molecule has 1 aromatic heterocycles. The van der Waals surface area contributed by atoms with E-state index in [1.807, 2.05) is 30.3 Å².